The van der Waals surface area contributed by atoms with Crippen molar-refractivity contribution in [3.05, 3.63) is 35.4 Å². The van der Waals surface area contributed by atoms with Crippen LogP contribution in [0.15, 0.2) is 24.3 Å². The van der Waals surface area contributed by atoms with Crippen molar-refractivity contribution in [3.63, 3.8) is 0 Å². The summed E-state index contributed by atoms with van der Waals surface area (Å²) in [5, 5.41) is 9.87. The molecule has 1 aromatic rings. The van der Waals surface area contributed by atoms with E-state index < -0.39 is 17.8 Å². The van der Waals surface area contributed by atoms with Gasteiger partial charge in [-0.05, 0) is 23.3 Å². The number of ketones is 1. The summed E-state index contributed by atoms with van der Waals surface area (Å²) < 4.78 is 0. The molecule has 0 bridgehead atoms. The first kappa shape index (κ1) is 16.7. The Morgan fingerprint density at radius 2 is 1.77 bits per heavy atom. The van der Waals surface area contributed by atoms with Crippen molar-refractivity contribution in [2.75, 3.05) is 13.1 Å². The SMILES string of the molecule is CC1CCN(C(=O)C(=O)c2ccc(C(C)(C)C)cc2)CC1O. The number of carbonyl (C=O) groups excluding carboxylic acids is 2. The average molecular weight is 303 g/mol. The highest BCUT2D eigenvalue weighted by molar-refractivity contribution is 6.42. The molecule has 1 aliphatic heterocycles. The van der Waals surface area contributed by atoms with Gasteiger partial charge in [-0.3, -0.25) is 9.59 Å². The number of benzene rings is 1. The van der Waals surface area contributed by atoms with Crippen molar-refractivity contribution < 1.29 is 14.7 Å². The number of hydrogen-bond donors (Lipinski definition) is 1. The highest BCUT2D eigenvalue weighted by atomic mass is 16.3. The fourth-order valence-corrected chi connectivity index (χ4v) is 2.62. The number of piperidine rings is 1. The maximum absolute atomic E-state index is 12.3. The van der Waals surface area contributed by atoms with E-state index in [2.05, 4.69) is 20.8 Å². The molecule has 1 aromatic carbocycles. The Labute approximate surface area is 132 Å². The predicted molar refractivity (Wildman–Crippen MR) is 85.8 cm³/mol. The van der Waals surface area contributed by atoms with Gasteiger partial charge in [0.15, 0.2) is 0 Å². The molecule has 0 radical (unpaired) electrons. The lowest BCUT2D eigenvalue weighted by molar-refractivity contribution is -0.130. The molecule has 2 unspecified atom stereocenters. The van der Waals surface area contributed by atoms with Crippen molar-refractivity contribution in [2.45, 2.75) is 45.6 Å². The number of hydrogen-bond acceptors (Lipinski definition) is 3. The predicted octanol–water partition coefficient (Wildman–Crippen LogP) is 2.40. The third-order valence-corrected chi connectivity index (χ3v) is 4.41. The van der Waals surface area contributed by atoms with E-state index in [-0.39, 0.29) is 17.9 Å². The average Bonchev–Trinajstić information content (AvgIpc) is 2.48. The number of rotatable bonds is 2. The molecule has 4 heteroatoms. The zero-order valence-electron chi connectivity index (χ0n) is 13.8. The first-order chi connectivity index (χ1) is 10.2. The van der Waals surface area contributed by atoms with Crippen LogP contribution in [-0.4, -0.2) is 40.9 Å². The van der Waals surface area contributed by atoms with Crippen LogP contribution in [0.3, 0.4) is 0 Å². The summed E-state index contributed by atoms with van der Waals surface area (Å²) in [5.74, 6) is -0.845. The lowest BCUT2D eigenvalue weighted by Gasteiger charge is -2.33. The monoisotopic (exact) mass is 303 g/mol. The minimum Gasteiger partial charge on any atom is -0.391 e. The van der Waals surface area contributed by atoms with Gasteiger partial charge >= 0.3 is 0 Å². The molecular weight excluding hydrogens is 278 g/mol. The van der Waals surface area contributed by atoms with Crippen LogP contribution >= 0.6 is 0 Å². The second kappa shape index (κ2) is 6.21. The van der Waals surface area contributed by atoms with Gasteiger partial charge in [0, 0.05) is 18.7 Å². The molecule has 1 N–H and O–H groups in total. The molecule has 0 saturated carbocycles. The number of carbonyl (C=O) groups is 2. The first-order valence-electron chi connectivity index (χ1n) is 7.82. The summed E-state index contributed by atoms with van der Waals surface area (Å²) in [4.78, 5) is 26.1. The van der Waals surface area contributed by atoms with E-state index in [1.54, 1.807) is 12.1 Å². The summed E-state index contributed by atoms with van der Waals surface area (Å²) in [6.07, 6.45) is 0.178. The number of aliphatic hydroxyl groups is 1. The second-order valence-electron chi connectivity index (χ2n) is 7.24. The largest absolute Gasteiger partial charge is 0.391 e. The number of Topliss-reactive ketones (excluding diaryl/α,β-unsaturated/α-hetero) is 1. The Kier molecular flexibility index (Phi) is 4.71. The number of nitrogens with zero attached hydrogens (tertiary/aromatic N) is 1. The molecule has 1 amide bonds. The van der Waals surface area contributed by atoms with E-state index in [4.69, 9.17) is 0 Å². The molecule has 1 heterocycles. The third-order valence-electron chi connectivity index (χ3n) is 4.41. The number of amides is 1. The van der Waals surface area contributed by atoms with Gasteiger partial charge in [-0.25, -0.2) is 0 Å². The van der Waals surface area contributed by atoms with Crippen molar-refractivity contribution in [2.24, 2.45) is 5.92 Å². The molecule has 0 spiro atoms. The lowest BCUT2D eigenvalue weighted by Crippen LogP contribution is -2.48. The minimum absolute atomic E-state index is 0.0126. The Bertz CT molecular complexity index is 557. The summed E-state index contributed by atoms with van der Waals surface area (Å²) in [6, 6.07) is 7.22. The van der Waals surface area contributed by atoms with Crippen LogP contribution in [0.25, 0.3) is 0 Å². The van der Waals surface area contributed by atoms with Crippen LogP contribution in [0.5, 0.6) is 0 Å². The van der Waals surface area contributed by atoms with Gasteiger partial charge in [-0.1, -0.05) is 52.0 Å². The Hall–Kier alpha value is -1.68. The van der Waals surface area contributed by atoms with Crippen LogP contribution in [0.1, 0.15) is 50.0 Å². The van der Waals surface area contributed by atoms with E-state index in [0.717, 1.165) is 12.0 Å². The fraction of sp³-hybridized carbons (Fsp3) is 0.556. The normalized spacial score (nSPS) is 22.5. The second-order valence-corrected chi connectivity index (χ2v) is 7.24. The summed E-state index contributed by atoms with van der Waals surface area (Å²) in [6.45, 7) is 9.04. The van der Waals surface area contributed by atoms with Crippen LogP contribution < -0.4 is 0 Å². The van der Waals surface area contributed by atoms with Gasteiger partial charge in [-0.15, -0.1) is 0 Å². The zero-order chi connectivity index (χ0) is 16.5. The van der Waals surface area contributed by atoms with E-state index in [1.807, 2.05) is 19.1 Å². The fourth-order valence-electron chi connectivity index (χ4n) is 2.62. The molecule has 4 nitrogen and oxygen atoms in total. The van der Waals surface area contributed by atoms with Crippen LogP contribution in [0, 0.1) is 5.92 Å². The van der Waals surface area contributed by atoms with Crippen molar-refractivity contribution in [1.82, 2.24) is 4.90 Å². The molecule has 2 atom stereocenters. The molecule has 2 rings (SSSR count). The summed E-state index contributed by atoms with van der Waals surface area (Å²) >= 11 is 0. The van der Waals surface area contributed by atoms with E-state index in [1.165, 1.54) is 4.90 Å². The standard InChI is InChI=1S/C18H25NO3/c1-12-9-10-19(11-15(12)20)17(22)16(21)13-5-7-14(8-6-13)18(2,3)4/h5-8,12,15,20H,9-11H2,1-4H3. The van der Waals surface area contributed by atoms with Gasteiger partial charge in [0.05, 0.1) is 6.10 Å². The zero-order valence-corrected chi connectivity index (χ0v) is 13.8. The summed E-state index contributed by atoms with van der Waals surface area (Å²) in [7, 11) is 0. The van der Waals surface area contributed by atoms with Gasteiger partial charge in [0.25, 0.3) is 5.91 Å². The van der Waals surface area contributed by atoms with E-state index in [0.29, 0.717) is 12.1 Å². The molecule has 22 heavy (non-hydrogen) atoms. The lowest BCUT2D eigenvalue weighted by atomic mass is 9.86. The molecule has 1 aliphatic rings. The Balaban J connectivity index is 2.09. The number of β-amino-alcohol motifs (C(OH)–C–C–N with tert-alkyl or cyclic N) is 1. The van der Waals surface area contributed by atoms with Crippen molar-refractivity contribution in [3.8, 4) is 0 Å². The maximum Gasteiger partial charge on any atom is 0.295 e. The third kappa shape index (κ3) is 3.55. The van der Waals surface area contributed by atoms with Crippen LogP contribution in [0.4, 0.5) is 0 Å². The number of aliphatic hydroxyl groups excluding tert-OH is 1. The molecule has 0 aromatic heterocycles. The van der Waals surface area contributed by atoms with Gasteiger partial charge < -0.3 is 10.0 Å². The Morgan fingerprint density at radius 3 is 2.27 bits per heavy atom. The highest BCUT2D eigenvalue weighted by Gasteiger charge is 2.31. The van der Waals surface area contributed by atoms with Gasteiger partial charge in [0.1, 0.15) is 0 Å². The Morgan fingerprint density at radius 1 is 1.18 bits per heavy atom. The molecule has 1 fully saturated rings. The van der Waals surface area contributed by atoms with Crippen LogP contribution in [0.2, 0.25) is 0 Å². The molecule has 1 saturated heterocycles. The molecule has 0 aliphatic carbocycles. The van der Waals surface area contributed by atoms with E-state index >= 15 is 0 Å². The molecular formula is C18H25NO3. The first-order valence-corrected chi connectivity index (χ1v) is 7.82. The van der Waals surface area contributed by atoms with Gasteiger partial charge in [-0.2, -0.15) is 0 Å². The summed E-state index contributed by atoms with van der Waals surface area (Å²) in [5.41, 5.74) is 1.54. The van der Waals surface area contributed by atoms with Crippen LogP contribution in [-0.2, 0) is 10.2 Å². The van der Waals surface area contributed by atoms with Gasteiger partial charge in [0.2, 0.25) is 5.78 Å². The topological polar surface area (TPSA) is 57.6 Å². The maximum atomic E-state index is 12.3. The van der Waals surface area contributed by atoms with Crippen molar-refractivity contribution in [1.29, 1.82) is 0 Å². The smallest absolute Gasteiger partial charge is 0.295 e. The van der Waals surface area contributed by atoms with Crippen molar-refractivity contribution >= 4 is 11.7 Å². The molecule has 120 valence electrons. The highest BCUT2D eigenvalue weighted by Crippen LogP contribution is 2.23. The quantitative estimate of drug-likeness (QED) is 0.674. The number of likely N-dealkylation sites (tertiary alicyclic amines) is 1. The minimum atomic E-state index is -0.547. The van der Waals surface area contributed by atoms with E-state index in [9.17, 15) is 14.7 Å².